The molecule has 3 rings (SSSR count). The van der Waals surface area contributed by atoms with E-state index in [9.17, 15) is 4.79 Å². The van der Waals surface area contributed by atoms with Crippen molar-refractivity contribution in [2.75, 3.05) is 14.2 Å². The second-order valence-electron chi connectivity index (χ2n) is 6.91. The van der Waals surface area contributed by atoms with E-state index in [2.05, 4.69) is 23.5 Å². The molecular weight excluding hydrogens is 338 g/mol. The molecule has 0 unspecified atom stereocenters. The molecular formula is C23H27NO3. The Bertz CT molecular complexity index is 842. The zero-order valence-electron chi connectivity index (χ0n) is 16.2. The first kappa shape index (κ1) is 19.0. The zero-order valence-corrected chi connectivity index (χ0v) is 16.2. The average Bonchev–Trinajstić information content (AvgIpc) is 2.71. The molecule has 1 atom stereocenters. The van der Waals surface area contributed by atoms with Crippen molar-refractivity contribution in [1.82, 2.24) is 5.32 Å². The molecule has 27 heavy (non-hydrogen) atoms. The third kappa shape index (κ3) is 4.70. The third-order valence-corrected chi connectivity index (χ3v) is 5.07. The first-order valence-corrected chi connectivity index (χ1v) is 9.43. The van der Waals surface area contributed by atoms with E-state index in [1.165, 1.54) is 30.4 Å². The summed E-state index contributed by atoms with van der Waals surface area (Å²) in [6.45, 7) is 2.02. The molecule has 0 heterocycles. The molecule has 1 N–H and O–H groups in total. The van der Waals surface area contributed by atoms with Crippen LogP contribution in [0, 0.1) is 0 Å². The summed E-state index contributed by atoms with van der Waals surface area (Å²) >= 11 is 0. The number of amides is 1. The summed E-state index contributed by atoms with van der Waals surface area (Å²) in [4.78, 5) is 12.3. The predicted octanol–water partition coefficient (Wildman–Crippen LogP) is 4.47. The monoisotopic (exact) mass is 365 g/mol. The maximum Gasteiger partial charge on any atom is 0.244 e. The summed E-state index contributed by atoms with van der Waals surface area (Å²) < 4.78 is 10.5. The van der Waals surface area contributed by atoms with Gasteiger partial charge in [-0.25, -0.2) is 0 Å². The van der Waals surface area contributed by atoms with Gasteiger partial charge in [0.05, 0.1) is 20.3 Å². The van der Waals surface area contributed by atoms with Gasteiger partial charge in [0.2, 0.25) is 5.91 Å². The highest BCUT2D eigenvalue weighted by Gasteiger charge is 2.13. The number of hydrogen-bond acceptors (Lipinski definition) is 3. The van der Waals surface area contributed by atoms with E-state index in [-0.39, 0.29) is 11.9 Å². The highest BCUT2D eigenvalue weighted by molar-refractivity contribution is 5.92. The van der Waals surface area contributed by atoms with Crippen LogP contribution in [0.5, 0.6) is 11.5 Å². The number of carbonyl (C=O) groups is 1. The minimum absolute atomic E-state index is 0.0280. The average molecular weight is 365 g/mol. The van der Waals surface area contributed by atoms with E-state index in [0.717, 1.165) is 17.5 Å². The van der Waals surface area contributed by atoms with Crippen LogP contribution in [0.4, 0.5) is 0 Å². The van der Waals surface area contributed by atoms with Crippen molar-refractivity contribution in [3.05, 3.63) is 64.7 Å². The van der Waals surface area contributed by atoms with Crippen LogP contribution in [0.15, 0.2) is 42.5 Å². The first-order valence-electron chi connectivity index (χ1n) is 9.43. The molecule has 0 radical (unpaired) electrons. The van der Waals surface area contributed by atoms with Crippen molar-refractivity contribution in [3.8, 4) is 11.5 Å². The number of nitrogens with one attached hydrogen (secondary N) is 1. The molecule has 1 aliphatic rings. The van der Waals surface area contributed by atoms with Gasteiger partial charge >= 0.3 is 0 Å². The van der Waals surface area contributed by atoms with Gasteiger partial charge < -0.3 is 14.8 Å². The van der Waals surface area contributed by atoms with Crippen LogP contribution in [0.1, 0.15) is 48.1 Å². The highest BCUT2D eigenvalue weighted by atomic mass is 16.5. The van der Waals surface area contributed by atoms with E-state index < -0.39 is 0 Å². The van der Waals surface area contributed by atoms with Gasteiger partial charge in [-0.05, 0) is 73.1 Å². The second-order valence-corrected chi connectivity index (χ2v) is 6.91. The molecule has 142 valence electrons. The van der Waals surface area contributed by atoms with E-state index >= 15 is 0 Å². The number of aryl methyl sites for hydroxylation is 2. The third-order valence-electron chi connectivity index (χ3n) is 5.07. The smallest absolute Gasteiger partial charge is 0.244 e. The molecule has 4 nitrogen and oxygen atoms in total. The lowest BCUT2D eigenvalue weighted by Gasteiger charge is -2.19. The number of fused-ring (bicyclic) bond motifs is 1. The Kier molecular flexibility index (Phi) is 6.17. The molecule has 0 spiro atoms. The van der Waals surface area contributed by atoms with Gasteiger partial charge in [-0.3, -0.25) is 4.79 Å². The van der Waals surface area contributed by atoms with Crippen molar-refractivity contribution in [3.63, 3.8) is 0 Å². The van der Waals surface area contributed by atoms with Crippen molar-refractivity contribution in [1.29, 1.82) is 0 Å². The van der Waals surface area contributed by atoms with Crippen LogP contribution in [-0.2, 0) is 17.6 Å². The molecule has 0 bridgehead atoms. The van der Waals surface area contributed by atoms with E-state index in [1.54, 1.807) is 26.4 Å². The van der Waals surface area contributed by atoms with Gasteiger partial charge in [0.15, 0.2) is 11.5 Å². The van der Waals surface area contributed by atoms with E-state index in [4.69, 9.17) is 9.47 Å². The Balaban J connectivity index is 1.64. The quantitative estimate of drug-likeness (QED) is 0.768. The number of methoxy groups -OCH3 is 2. The zero-order chi connectivity index (χ0) is 19.2. The number of benzene rings is 2. The van der Waals surface area contributed by atoms with Crippen molar-refractivity contribution >= 4 is 12.0 Å². The molecule has 0 aromatic heterocycles. The second kappa shape index (κ2) is 8.76. The van der Waals surface area contributed by atoms with E-state index in [1.807, 2.05) is 25.1 Å². The van der Waals surface area contributed by atoms with Gasteiger partial charge in [-0.1, -0.05) is 24.3 Å². The molecule has 2 aromatic rings. The van der Waals surface area contributed by atoms with Crippen LogP contribution in [0.25, 0.3) is 6.08 Å². The van der Waals surface area contributed by atoms with Crippen LogP contribution in [-0.4, -0.2) is 20.1 Å². The summed E-state index contributed by atoms with van der Waals surface area (Å²) in [7, 11) is 3.20. The van der Waals surface area contributed by atoms with Gasteiger partial charge in [0.1, 0.15) is 0 Å². The summed E-state index contributed by atoms with van der Waals surface area (Å²) in [5.41, 5.74) is 4.92. The summed E-state index contributed by atoms with van der Waals surface area (Å²) in [6.07, 6.45) is 8.17. The fourth-order valence-corrected chi connectivity index (χ4v) is 3.50. The maximum atomic E-state index is 12.3. The maximum absolute atomic E-state index is 12.3. The lowest BCUT2D eigenvalue weighted by atomic mass is 9.89. The summed E-state index contributed by atoms with van der Waals surface area (Å²) in [5.74, 6) is 1.19. The number of carbonyl (C=O) groups excluding carboxylic acids is 1. The molecule has 0 aliphatic heterocycles. The molecule has 1 aliphatic carbocycles. The Morgan fingerprint density at radius 3 is 2.48 bits per heavy atom. The molecule has 0 saturated heterocycles. The summed E-state index contributed by atoms with van der Waals surface area (Å²) in [6, 6.07) is 12.1. The fraction of sp³-hybridized carbons (Fsp3) is 0.348. The Morgan fingerprint density at radius 1 is 1.00 bits per heavy atom. The van der Waals surface area contributed by atoms with Crippen molar-refractivity contribution in [2.45, 2.75) is 38.6 Å². The lowest BCUT2D eigenvalue weighted by Crippen LogP contribution is -2.24. The summed E-state index contributed by atoms with van der Waals surface area (Å²) in [5, 5.41) is 3.04. The SMILES string of the molecule is COc1ccc(/C=C/C(=O)N[C@@H](C)c2ccc3c(c2)CCCC3)cc1OC. The van der Waals surface area contributed by atoms with Crippen molar-refractivity contribution < 1.29 is 14.3 Å². The predicted molar refractivity (Wildman–Crippen MR) is 108 cm³/mol. The molecule has 0 fully saturated rings. The van der Waals surface area contributed by atoms with Crippen LogP contribution in [0.3, 0.4) is 0 Å². The number of ether oxygens (including phenoxy) is 2. The molecule has 2 aromatic carbocycles. The molecule has 1 amide bonds. The van der Waals surface area contributed by atoms with Gasteiger partial charge in [-0.2, -0.15) is 0 Å². The Hall–Kier alpha value is -2.75. The molecule has 4 heteroatoms. The minimum atomic E-state index is -0.116. The van der Waals surface area contributed by atoms with Gasteiger partial charge in [-0.15, -0.1) is 0 Å². The van der Waals surface area contributed by atoms with Crippen LogP contribution < -0.4 is 14.8 Å². The largest absolute Gasteiger partial charge is 0.493 e. The standard InChI is InChI=1S/C23H27NO3/c1-16(19-11-10-18-6-4-5-7-20(18)15-19)24-23(25)13-9-17-8-12-21(26-2)22(14-17)27-3/h8-16H,4-7H2,1-3H3,(H,24,25)/b13-9+/t16-/m0/s1. The Morgan fingerprint density at radius 2 is 1.74 bits per heavy atom. The topological polar surface area (TPSA) is 47.6 Å². The molecule has 0 saturated carbocycles. The Labute approximate surface area is 161 Å². The number of rotatable bonds is 6. The van der Waals surface area contributed by atoms with Gasteiger partial charge in [0.25, 0.3) is 0 Å². The van der Waals surface area contributed by atoms with Crippen LogP contribution >= 0.6 is 0 Å². The lowest BCUT2D eigenvalue weighted by molar-refractivity contribution is -0.117. The van der Waals surface area contributed by atoms with Crippen molar-refractivity contribution in [2.24, 2.45) is 0 Å². The number of hydrogen-bond donors (Lipinski definition) is 1. The first-order chi connectivity index (χ1) is 13.1. The minimum Gasteiger partial charge on any atom is -0.493 e. The fourth-order valence-electron chi connectivity index (χ4n) is 3.50. The van der Waals surface area contributed by atoms with E-state index in [0.29, 0.717) is 11.5 Å². The normalized spacial score (nSPS) is 14.5. The van der Waals surface area contributed by atoms with Gasteiger partial charge in [0, 0.05) is 6.08 Å². The highest BCUT2D eigenvalue weighted by Crippen LogP contribution is 2.28. The van der Waals surface area contributed by atoms with Crippen LogP contribution in [0.2, 0.25) is 0 Å².